The summed E-state index contributed by atoms with van der Waals surface area (Å²) in [5, 5.41) is 4.18. The van der Waals surface area contributed by atoms with Gasteiger partial charge in [0.25, 0.3) is 5.91 Å². The second-order valence-electron chi connectivity index (χ2n) is 7.41. The van der Waals surface area contributed by atoms with E-state index in [-0.39, 0.29) is 12.0 Å². The van der Waals surface area contributed by atoms with Crippen LogP contribution in [0.3, 0.4) is 0 Å². The number of hydrogen-bond donors (Lipinski definition) is 0. The van der Waals surface area contributed by atoms with Gasteiger partial charge < -0.3 is 18.7 Å². The molecule has 1 saturated heterocycles. The van der Waals surface area contributed by atoms with Crippen LogP contribution in [0.5, 0.6) is 0 Å². The molecule has 26 heavy (non-hydrogen) atoms. The maximum absolute atomic E-state index is 12.9. The molecule has 1 atom stereocenters. The average molecular weight is 358 g/mol. The summed E-state index contributed by atoms with van der Waals surface area (Å²) in [6.45, 7) is 3.48. The van der Waals surface area contributed by atoms with E-state index >= 15 is 0 Å². The van der Waals surface area contributed by atoms with E-state index in [1.807, 2.05) is 30.8 Å². The molecule has 0 N–H and O–H groups in total. The predicted molar refractivity (Wildman–Crippen MR) is 94.9 cm³/mol. The fourth-order valence-corrected chi connectivity index (χ4v) is 4.06. The molecule has 0 spiro atoms. The Morgan fingerprint density at radius 3 is 2.81 bits per heavy atom. The monoisotopic (exact) mass is 358 g/mol. The van der Waals surface area contributed by atoms with Gasteiger partial charge in [0.05, 0.1) is 24.5 Å². The van der Waals surface area contributed by atoms with E-state index in [0.29, 0.717) is 31.4 Å². The molecule has 0 aromatic carbocycles. The van der Waals surface area contributed by atoms with Crippen LogP contribution >= 0.6 is 0 Å². The SMILES string of the molecule is Cc1cn(C)c([C@H]2CN(C(=O)c3cc(C4CCCCC4)no3)CCO2)n1. The van der Waals surface area contributed by atoms with Crippen LogP contribution in [0.2, 0.25) is 0 Å². The number of aromatic nitrogens is 3. The third kappa shape index (κ3) is 3.40. The van der Waals surface area contributed by atoms with Gasteiger partial charge in [0.15, 0.2) is 0 Å². The maximum atomic E-state index is 12.9. The molecule has 2 aliphatic rings. The van der Waals surface area contributed by atoms with Crippen LogP contribution in [0, 0.1) is 6.92 Å². The smallest absolute Gasteiger partial charge is 0.292 e. The van der Waals surface area contributed by atoms with Crippen molar-refractivity contribution >= 4 is 5.91 Å². The van der Waals surface area contributed by atoms with E-state index in [1.165, 1.54) is 19.3 Å². The topological polar surface area (TPSA) is 73.4 Å². The highest BCUT2D eigenvalue weighted by atomic mass is 16.5. The van der Waals surface area contributed by atoms with Crippen LogP contribution in [0.1, 0.15) is 71.9 Å². The Balaban J connectivity index is 1.46. The normalized spacial score (nSPS) is 21.9. The minimum absolute atomic E-state index is 0.112. The number of imidazole rings is 1. The van der Waals surface area contributed by atoms with Crippen LogP contribution in [-0.2, 0) is 11.8 Å². The molecule has 2 fully saturated rings. The van der Waals surface area contributed by atoms with Crippen molar-refractivity contribution in [2.45, 2.75) is 51.0 Å². The first-order valence-electron chi connectivity index (χ1n) is 9.49. The number of morpholine rings is 1. The number of aryl methyl sites for hydroxylation is 2. The van der Waals surface area contributed by atoms with Crippen LogP contribution in [0.15, 0.2) is 16.8 Å². The minimum atomic E-state index is -0.216. The van der Waals surface area contributed by atoms with Crippen molar-refractivity contribution in [2.75, 3.05) is 19.7 Å². The molecule has 2 aromatic rings. The Labute approximate surface area is 153 Å². The maximum Gasteiger partial charge on any atom is 0.292 e. The molecule has 2 aromatic heterocycles. The molecule has 0 radical (unpaired) electrons. The number of carbonyl (C=O) groups is 1. The summed E-state index contributed by atoms with van der Waals surface area (Å²) in [4.78, 5) is 19.2. The first-order valence-corrected chi connectivity index (χ1v) is 9.49. The molecule has 1 saturated carbocycles. The number of hydrogen-bond acceptors (Lipinski definition) is 5. The number of ether oxygens (including phenoxy) is 1. The summed E-state index contributed by atoms with van der Waals surface area (Å²) in [7, 11) is 1.95. The van der Waals surface area contributed by atoms with Crippen molar-refractivity contribution < 1.29 is 14.1 Å². The Morgan fingerprint density at radius 1 is 1.27 bits per heavy atom. The molecular formula is C19H26N4O3. The van der Waals surface area contributed by atoms with Crippen molar-refractivity contribution in [1.29, 1.82) is 0 Å². The average Bonchev–Trinajstić information content (AvgIpc) is 3.28. The van der Waals surface area contributed by atoms with E-state index in [0.717, 1.165) is 30.1 Å². The van der Waals surface area contributed by atoms with Gasteiger partial charge in [0.2, 0.25) is 5.76 Å². The van der Waals surface area contributed by atoms with Gasteiger partial charge in [0.1, 0.15) is 11.9 Å². The van der Waals surface area contributed by atoms with E-state index < -0.39 is 0 Å². The van der Waals surface area contributed by atoms with Gasteiger partial charge in [-0.3, -0.25) is 4.79 Å². The molecular weight excluding hydrogens is 332 g/mol. The summed E-state index contributed by atoms with van der Waals surface area (Å²) < 4.78 is 13.2. The van der Waals surface area contributed by atoms with Gasteiger partial charge >= 0.3 is 0 Å². The number of rotatable bonds is 3. The lowest BCUT2D eigenvalue weighted by molar-refractivity contribution is -0.0290. The minimum Gasteiger partial charge on any atom is -0.367 e. The summed E-state index contributed by atoms with van der Waals surface area (Å²) >= 11 is 0. The zero-order valence-corrected chi connectivity index (χ0v) is 15.5. The van der Waals surface area contributed by atoms with Crippen LogP contribution < -0.4 is 0 Å². The number of amides is 1. The van der Waals surface area contributed by atoms with Crippen LogP contribution in [0.25, 0.3) is 0 Å². The molecule has 140 valence electrons. The lowest BCUT2D eigenvalue weighted by Crippen LogP contribution is -2.42. The number of nitrogens with zero attached hydrogens (tertiary/aromatic N) is 4. The molecule has 4 rings (SSSR count). The third-order valence-electron chi connectivity index (χ3n) is 5.44. The van der Waals surface area contributed by atoms with E-state index in [4.69, 9.17) is 9.26 Å². The highest BCUT2D eigenvalue weighted by Gasteiger charge is 2.31. The van der Waals surface area contributed by atoms with Crippen molar-refractivity contribution in [2.24, 2.45) is 7.05 Å². The molecule has 7 heteroatoms. The largest absolute Gasteiger partial charge is 0.367 e. The Morgan fingerprint density at radius 2 is 2.08 bits per heavy atom. The Bertz CT molecular complexity index is 776. The Hall–Kier alpha value is -2.15. The molecule has 1 amide bonds. The quantitative estimate of drug-likeness (QED) is 0.843. The fourth-order valence-electron chi connectivity index (χ4n) is 4.06. The zero-order valence-electron chi connectivity index (χ0n) is 15.5. The van der Waals surface area contributed by atoms with Gasteiger partial charge in [-0.05, 0) is 19.8 Å². The van der Waals surface area contributed by atoms with Crippen LogP contribution in [0.4, 0.5) is 0 Å². The first-order chi connectivity index (χ1) is 12.6. The summed E-state index contributed by atoms with van der Waals surface area (Å²) in [6.07, 6.45) is 7.78. The second-order valence-corrected chi connectivity index (χ2v) is 7.41. The summed E-state index contributed by atoms with van der Waals surface area (Å²) in [5.74, 6) is 1.50. The van der Waals surface area contributed by atoms with Crippen molar-refractivity contribution in [3.63, 3.8) is 0 Å². The molecule has 3 heterocycles. The van der Waals surface area contributed by atoms with Crippen LogP contribution in [-0.4, -0.2) is 45.2 Å². The van der Waals surface area contributed by atoms with E-state index in [1.54, 1.807) is 4.90 Å². The van der Waals surface area contributed by atoms with Gasteiger partial charge in [-0.2, -0.15) is 0 Å². The third-order valence-corrected chi connectivity index (χ3v) is 5.44. The molecule has 0 bridgehead atoms. The number of carbonyl (C=O) groups excluding carboxylic acids is 1. The molecule has 1 aliphatic heterocycles. The fraction of sp³-hybridized carbons (Fsp3) is 0.632. The van der Waals surface area contributed by atoms with Crippen molar-refractivity contribution in [1.82, 2.24) is 19.6 Å². The highest BCUT2D eigenvalue weighted by molar-refractivity contribution is 5.91. The highest BCUT2D eigenvalue weighted by Crippen LogP contribution is 2.32. The van der Waals surface area contributed by atoms with Gasteiger partial charge in [-0.15, -0.1) is 0 Å². The second kappa shape index (κ2) is 7.23. The van der Waals surface area contributed by atoms with E-state index in [2.05, 4.69) is 10.1 Å². The standard InChI is InChI=1S/C19H26N4O3/c1-13-11-22(2)18(20-13)17-12-23(8-9-25-17)19(24)16-10-15(21-26-16)14-6-4-3-5-7-14/h10-11,14,17H,3-9,12H2,1-2H3/t17-/m1/s1. The van der Waals surface area contributed by atoms with Gasteiger partial charge in [-0.1, -0.05) is 24.4 Å². The summed E-state index contributed by atoms with van der Waals surface area (Å²) in [5.41, 5.74) is 1.87. The van der Waals surface area contributed by atoms with Gasteiger partial charge in [-0.25, -0.2) is 4.98 Å². The predicted octanol–water partition coefficient (Wildman–Crippen LogP) is 2.98. The molecule has 7 nitrogen and oxygen atoms in total. The zero-order chi connectivity index (χ0) is 18.1. The summed E-state index contributed by atoms with van der Waals surface area (Å²) in [6, 6.07) is 1.84. The lowest BCUT2D eigenvalue weighted by atomic mass is 9.87. The first kappa shape index (κ1) is 17.3. The molecule has 0 unspecified atom stereocenters. The molecule has 1 aliphatic carbocycles. The van der Waals surface area contributed by atoms with Crippen molar-refractivity contribution in [3.05, 3.63) is 35.2 Å². The van der Waals surface area contributed by atoms with Crippen molar-refractivity contribution in [3.8, 4) is 0 Å². The van der Waals surface area contributed by atoms with Gasteiger partial charge in [0, 0.05) is 31.8 Å². The van der Waals surface area contributed by atoms with E-state index in [9.17, 15) is 4.79 Å². The lowest BCUT2D eigenvalue weighted by Gasteiger charge is -2.31. The Kier molecular flexibility index (Phi) is 4.80.